The maximum absolute atomic E-state index is 12.5. The second-order valence-corrected chi connectivity index (χ2v) is 7.65. The summed E-state index contributed by atoms with van der Waals surface area (Å²) in [5, 5.41) is 3.15. The number of nitrogens with zero attached hydrogens (tertiary/aromatic N) is 3. The van der Waals surface area contributed by atoms with E-state index in [1.807, 2.05) is 13.0 Å². The lowest BCUT2D eigenvalue weighted by atomic mass is 10.2. The Morgan fingerprint density at radius 3 is 2.52 bits per heavy atom. The fraction of sp³-hybridized carbons (Fsp3) is 0.227. The number of methoxy groups -OCH3 is 2. The predicted molar refractivity (Wildman–Crippen MR) is 122 cm³/mol. The first-order valence-electron chi connectivity index (χ1n) is 9.34. The molecule has 1 heterocycles. The minimum atomic E-state index is -0.167. The topological polar surface area (TPSA) is 85.8 Å². The Morgan fingerprint density at radius 2 is 1.84 bits per heavy atom. The van der Waals surface area contributed by atoms with E-state index in [0.717, 1.165) is 11.3 Å². The summed E-state index contributed by atoms with van der Waals surface area (Å²) >= 11 is 3.41. The van der Waals surface area contributed by atoms with Gasteiger partial charge in [-0.3, -0.25) is 4.79 Å². The molecule has 0 radical (unpaired) electrons. The SMILES string of the molecule is COc1cc(Nc2ncc(Br)c(Oc3ccccc3C(=O)N(C)C)n2)cc(C)c1OC. The molecule has 0 saturated carbocycles. The van der Waals surface area contributed by atoms with Crippen molar-refractivity contribution in [2.45, 2.75) is 6.92 Å². The van der Waals surface area contributed by atoms with Crippen LogP contribution in [-0.2, 0) is 0 Å². The lowest BCUT2D eigenvalue weighted by Crippen LogP contribution is -2.22. The van der Waals surface area contributed by atoms with Crippen LogP contribution in [0.15, 0.2) is 47.1 Å². The maximum atomic E-state index is 12.5. The van der Waals surface area contributed by atoms with E-state index >= 15 is 0 Å². The molecule has 0 fully saturated rings. The highest BCUT2D eigenvalue weighted by molar-refractivity contribution is 9.10. The summed E-state index contributed by atoms with van der Waals surface area (Å²) in [5.74, 6) is 2.08. The monoisotopic (exact) mass is 486 g/mol. The number of benzene rings is 2. The lowest BCUT2D eigenvalue weighted by molar-refractivity contribution is 0.0825. The molecule has 0 spiro atoms. The Kier molecular flexibility index (Phi) is 6.96. The molecule has 8 nitrogen and oxygen atoms in total. The van der Waals surface area contributed by atoms with Crippen LogP contribution in [0, 0.1) is 6.92 Å². The number of amides is 1. The van der Waals surface area contributed by atoms with E-state index in [-0.39, 0.29) is 11.8 Å². The number of carbonyl (C=O) groups excluding carboxylic acids is 1. The van der Waals surface area contributed by atoms with Gasteiger partial charge < -0.3 is 24.4 Å². The molecule has 31 heavy (non-hydrogen) atoms. The van der Waals surface area contributed by atoms with Crippen molar-refractivity contribution in [3.05, 3.63) is 58.2 Å². The number of halogens is 1. The zero-order chi connectivity index (χ0) is 22.5. The van der Waals surface area contributed by atoms with E-state index < -0.39 is 0 Å². The summed E-state index contributed by atoms with van der Waals surface area (Å²) in [5.41, 5.74) is 2.06. The van der Waals surface area contributed by atoms with E-state index in [4.69, 9.17) is 14.2 Å². The molecule has 0 aliphatic carbocycles. The van der Waals surface area contributed by atoms with Gasteiger partial charge >= 0.3 is 0 Å². The maximum Gasteiger partial charge on any atom is 0.257 e. The van der Waals surface area contributed by atoms with Crippen molar-refractivity contribution in [1.82, 2.24) is 14.9 Å². The molecule has 3 aromatic rings. The molecule has 1 N–H and O–H groups in total. The van der Waals surface area contributed by atoms with Gasteiger partial charge in [-0.2, -0.15) is 4.98 Å². The smallest absolute Gasteiger partial charge is 0.257 e. The Balaban J connectivity index is 1.91. The Morgan fingerprint density at radius 1 is 1.10 bits per heavy atom. The van der Waals surface area contributed by atoms with Crippen LogP contribution in [0.4, 0.5) is 11.6 Å². The normalized spacial score (nSPS) is 10.4. The Bertz CT molecular complexity index is 1100. The van der Waals surface area contributed by atoms with Crippen LogP contribution in [0.1, 0.15) is 15.9 Å². The van der Waals surface area contributed by atoms with E-state index in [2.05, 4.69) is 31.2 Å². The Hall–Kier alpha value is -3.33. The van der Waals surface area contributed by atoms with Gasteiger partial charge in [0, 0.05) is 25.8 Å². The molecular weight excluding hydrogens is 464 g/mol. The van der Waals surface area contributed by atoms with Crippen LogP contribution < -0.4 is 19.5 Å². The standard InChI is InChI=1S/C22H23BrN4O4/c1-13-10-14(11-18(29-4)19(13)30-5)25-22-24-12-16(23)20(26-22)31-17-9-7-6-8-15(17)21(28)27(2)3/h6-12H,1-5H3,(H,24,25,26). The quantitative estimate of drug-likeness (QED) is 0.512. The van der Waals surface area contributed by atoms with Gasteiger partial charge in [0.1, 0.15) is 5.75 Å². The van der Waals surface area contributed by atoms with Crippen molar-refractivity contribution in [2.24, 2.45) is 0 Å². The average molecular weight is 487 g/mol. The highest BCUT2D eigenvalue weighted by Gasteiger charge is 2.17. The van der Waals surface area contributed by atoms with Crippen molar-refractivity contribution in [3.8, 4) is 23.1 Å². The molecule has 0 unspecified atom stereocenters. The van der Waals surface area contributed by atoms with Crippen molar-refractivity contribution < 1.29 is 19.0 Å². The van der Waals surface area contributed by atoms with E-state index in [1.165, 1.54) is 4.90 Å². The first-order chi connectivity index (χ1) is 14.8. The number of nitrogens with one attached hydrogen (secondary N) is 1. The lowest BCUT2D eigenvalue weighted by Gasteiger charge is -2.16. The zero-order valence-corrected chi connectivity index (χ0v) is 19.5. The van der Waals surface area contributed by atoms with Gasteiger partial charge in [0.05, 0.1) is 30.5 Å². The van der Waals surface area contributed by atoms with Crippen LogP contribution in [-0.4, -0.2) is 49.1 Å². The summed E-state index contributed by atoms with van der Waals surface area (Å²) in [6.07, 6.45) is 1.58. The number of anilines is 2. The number of ether oxygens (including phenoxy) is 3. The zero-order valence-electron chi connectivity index (χ0n) is 17.9. The molecule has 3 rings (SSSR count). The van der Waals surface area contributed by atoms with Crippen molar-refractivity contribution in [3.63, 3.8) is 0 Å². The van der Waals surface area contributed by atoms with E-state index in [1.54, 1.807) is 64.8 Å². The van der Waals surface area contributed by atoms with Crippen LogP contribution >= 0.6 is 15.9 Å². The number of carbonyl (C=O) groups is 1. The molecule has 0 saturated heterocycles. The number of rotatable bonds is 7. The number of hydrogen-bond donors (Lipinski definition) is 1. The summed E-state index contributed by atoms with van der Waals surface area (Å²) < 4.78 is 17.3. The summed E-state index contributed by atoms with van der Waals surface area (Å²) in [6.45, 7) is 1.92. The molecule has 0 bridgehead atoms. The van der Waals surface area contributed by atoms with Crippen LogP contribution in [0.25, 0.3) is 0 Å². The second kappa shape index (κ2) is 9.65. The molecule has 0 aliphatic rings. The van der Waals surface area contributed by atoms with Gasteiger partial charge in [0.25, 0.3) is 5.91 Å². The molecule has 1 aromatic heterocycles. The van der Waals surface area contributed by atoms with E-state index in [0.29, 0.717) is 33.2 Å². The molecular formula is C22H23BrN4O4. The first-order valence-corrected chi connectivity index (χ1v) is 10.1. The fourth-order valence-electron chi connectivity index (χ4n) is 2.92. The minimum Gasteiger partial charge on any atom is -0.493 e. The highest BCUT2D eigenvalue weighted by atomic mass is 79.9. The third-order valence-corrected chi connectivity index (χ3v) is 4.91. The first kappa shape index (κ1) is 22.4. The molecule has 0 atom stereocenters. The number of aromatic nitrogens is 2. The van der Waals surface area contributed by atoms with Gasteiger partial charge in [-0.15, -0.1) is 0 Å². The van der Waals surface area contributed by atoms with Gasteiger partial charge in [0.15, 0.2) is 11.5 Å². The third kappa shape index (κ3) is 5.05. The minimum absolute atomic E-state index is 0.167. The summed E-state index contributed by atoms with van der Waals surface area (Å²) in [7, 11) is 6.55. The molecule has 162 valence electrons. The molecule has 9 heteroatoms. The Labute approximate surface area is 189 Å². The molecule has 1 amide bonds. The van der Waals surface area contributed by atoms with Crippen molar-refractivity contribution >= 4 is 33.5 Å². The van der Waals surface area contributed by atoms with Crippen molar-refractivity contribution in [2.75, 3.05) is 33.6 Å². The van der Waals surface area contributed by atoms with Gasteiger partial charge in [-0.25, -0.2) is 4.98 Å². The summed E-state index contributed by atoms with van der Waals surface area (Å²) in [4.78, 5) is 22.7. The highest BCUT2D eigenvalue weighted by Crippen LogP contribution is 2.35. The number of para-hydroxylation sites is 1. The van der Waals surface area contributed by atoms with Gasteiger partial charge in [-0.05, 0) is 46.6 Å². The fourth-order valence-corrected chi connectivity index (χ4v) is 3.19. The average Bonchev–Trinajstić information content (AvgIpc) is 2.75. The molecule has 0 aliphatic heterocycles. The summed E-state index contributed by atoms with van der Waals surface area (Å²) in [6, 6.07) is 10.7. The largest absolute Gasteiger partial charge is 0.493 e. The molecule has 2 aromatic carbocycles. The van der Waals surface area contributed by atoms with Gasteiger partial charge in [0.2, 0.25) is 11.8 Å². The van der Waals surface area contributed by atoms with Crippen LogP contribution in [0.2, 0.25) is 0 Å². The number of aryl methyl sites for hydroxylation is 1. The predicted octanol–water partition coefficient (Wildman–Crippen LogP) is 4.80. The second-order valence-electron chi connectivity index (χ2n) is 6.80. The van der Waals surface area contributed by atoms with Gasteiger partial charge in [-0.1, -0.05) is 12.1 Å². The van der Waals surface area contributed by atoms with E-state index in [9.17, 15) is 4.79 Å². The van der Waals surface area contributed by atoms with Crippen LogP contribution in [0.5, 0.6) is 23.1 Å². The number of hydrogen-bond acceptors (Lipinski definition) is 7. The van der Waals surface area contributed by atoms with Crippen molar-refractivity contribution in [1.29, 1.82) is 0 Å². The third-order valence-electron chi connectivity index (χ3n) is 4.36. The van der Waals surface area contributed by atoms with Crippen LogP contribution in [0.3, 0.4) is 0 Å².